The lowest BCUT2D eigenvalue weighted by molar-refractivity contribution is -0.129. The maximum atomic E-state index is 13.7. The quantitative estimate of drug-likeness (QED) is 0.403. The number of amides is 1. The van der Waals surface area contributed by atoms with Crippen LogP contribution in [-0.2, 0) is 11.3 Å². The van der Waals surface area contributed by atoms with E-state index < -0.39 is 6.36 Å². The summed E-state index contributed by atoms with van der Waals surface area (Å²) in [6, 6.07) is 13.0. The van der Waals surface area contributed by atoms with Gasteiger partial charge in [0.25, 0.3) is 5.56 Å². The van der Waals surface area contributed by atoms with Crippen LogP contribution in [0.2, 0.25) is 0 Å². The zero-order valence-electron chi connectivity index (χ0n) is 21.4. The predicted molar refractivity (Wildman–Crippen MR) is 142 cm³/mol. The second-order valence-electron chi connectivity index (χ2n) is 9.77. The Bertz CT molecular complexity index is 1550. The second-order valence-corrected chi connectivity index (χ2v) is 9.77. The Labute approximate surface area is 219 Å². The molecule has 4 heterocycles. The average Bonchev–Trinajstić information content (AvgIpc) is 3.48. The lowest BCUT2D eigenvalue weighted by Crippen LogP contribution is -2.48. The van der Waals surface area contributed by atoms with Crippen molar-refractivity contribution in [2.75, 3.05) is 31.1 Å². The number of alkyl halides is 1. The van der Waals surface area contributed by atoms with Gasteiger partial charge in [-0.15, -0.1) is 0 Å². The van der Waals surface area contributed by atoms with Crippen molar-refractivity contribution in [3.8, 4) is 16.9 Å². The summed E-state index contributed by atoms with van der Waals surface area (Å²) in [6.45, 7) is 6.22. The standard InChI is InChI=1S/C28H29FN6O3/c1-18(29)38-26-6-4-3-5-22(26)24-9-10-34-27(37)23-8-7-20(15-25(23)35(24)34)21-16-30-28(31-17-21)33-13-11-32(12-14-33)19(2)36/h3-8,15-18,24H,9-14H2,1-2H3/t18?,24-/m1/s1. The van der Waals surface area contributed by atoms with Crippen LogP contribution in [0.3, 0.4) is 0 Å². The zero-order valence-corrected chi connectivity index (χ0v) is 21.4. The Hall–Kier alpha value is -4.21. The van der Waals surface area contributed by atoms with Crippen LogP contribution in [0.4, 0.5) is 10.3 Å². The Morgan fingerprint density at radius 2 is 1.76 bits per heavy atom. The lowest BCUT2D eigenvalue weighted by atomic mass is 10.0. The average molecular weight is 517 g/mol. The van der Waals surface area contributed by atoms with Crippen molar-refractivity contribution >= 4 is 22.8 Å². The fourth-order valence-electron chi connectivity index (χ4n) is 5.54. The van der Waals surface area contributed by atoms with Crippen molar-refractivity contribution in [2.45, 2.75) is 39.2 Å². The largest absolute Gasteiger partial charge is 0.460 e. The molecule has 2 aromatic heterocycles. The molecular weight excluding hydrogens is 487 g/mol. The van der Waals surface area contributed by atoms with Crippen LogP contribution in [0.5, 0.6) is 5.75 Å². The van der Waals surface area contributed by atoms with E-state index in [1.165, 1.54) is 6.92 Å². The zero-order chi connectivity index (χ0) is 26.4. The van der Waals surface area contributed by atoms with E-state index in [9.17, 15) is 14.0 Å². The van der Waals surface area contributed by atoms with Gasteiger partial charge in [0.2, 0.25) is 18.2 Å². The summed E-state index contributed by atoms with van der Waals surface area (Å²) < 4.78 is 23.0. The highest BCUT2D eigenvalue weighted by molar-refractivity contribution is 5.84. The number of nitrogens with zero attached hydrogens (tertiary/aromatic N) is 6. The Balaban J connectivity index is 1.32. The number of halogens is 1. The van der Waals surface area contributed by atoms with Gasteiger partial charge in [-0.1, -0.05) is 24.3 Å². The molecule has 0 bridgehead atoms. The molecule has 2 aliphatic heterocycles. The van der Waals surface area contributed by atoms with Gasteiger partial charge in [-0.25, -0.2) is 19.0 Å². The van der Waals surface area contributed by atoms with Gasteiger partial charge >= 0.3 is 0 Å². The SMILES string of the molecule is CC(=O)N1CCN(c2ncc(-c3ccc4c(=O)n5n(c4c3)[C@@H](c3ccccc3OC(C)F)CC5)cn2)CC1. The van der Waals surface area contributed by atoms with Gasteiger partial charge in [0.1, 0.15) is 5.75 Å². The molecule has 1 unspecified atom stereocenters. The molecule has 0 aliphatic carbocycles. The first kappa shape index (κ1) is 24.1. The number of carbonyl (C=O) groups excluding carboxylic acids is 1. The lowest BCUT2D eigenvalue weighted by Gasteiger charge is -2.34. The van der Waals surface area contributed by atoms with E-state index >= 15 is 0 Å². The minimum Gasteiger partial charge on any atom is -0.460 e. The van der Waals surface area contributed by atoms with E-state index in [4.69, 9.17) is 4.74 Å². The van der Waals surface area contributed by atoms with Gasteiger partial charge in [0.15, 0.2) is 0 Å². The number of benzene rings is 2. The normalized spacial score (nSPS) is 18.0. The van der Waals surface area contributed by atoms with Gasteiger partial charge < -0.3 is 14.5 Å². The fraction of sp³-hybridized carbons (Fsp3) is 0.357. The molecule has 0 radical (unpaired) electrons. The Morgan fingerprint density at radius 3 is 2.47 bits per heavy atom. The smallest absolute Gasteiger partial charge is 0.274 e. The molecule has 1 amide bonds. The molecule has 196 valence electrons. The molecule has 38 heavy (non-hydrogen) atoms. The van der Waals surface area contributed by atoms with E-state index in [1.807, 2.05) is 46.0 Å². The number of rotatable bonds is 5. The summed E-state index contributed by atoms with van der Waals surface area (Å²) in [5.74, 6) is 1.21. The number of para-hydroxylation sites is 1. The third-order valence-corrected chi connectivity index (χ3v) is 7.43. The van der Waals surface area contributed by atoms with E-state index in [0.29, 0.717) is 56.2 Å². The molecule has 1 saturated heterocycles. The maximum absolute atomic E-state index is 13.7. The molecule has 10 heteroatoms. The highest BCUT2D eigenvalue weighted by atomic mass is 19.1. The van der Waals surface area contributed by atoms with Crippen molar-refractivity contribution in [1.29, 1.82) is 0 Å². The van der Waals surface area contributed by atoms with Crippen molar-refractivity contribution in [3.63, 3.8) is 0 Å². The Kier molecular flexibility index (Phi) is 6.09. The van der Waals surface area contributed by atoms with Crippen molar-refractivity contribution in [2.24, 2.45) is 0 Å². The number of hydrogen-bond donors (Lipinski definition) is 0. The summed E-state index contributed by atoms with van der Waals surface area (Å²) in [5.41, 5.74) is 3.36. The van der Waals surface area contributed by atoms with Crippen LogP contribution in [0.1, 0.15) is 31.9 Å². The predicted octanol–water partition coefficient (Wildman–Crippen LogP) is 3.62. The number of hydrogen-bond acceptors (Lipinski definition) is 6. The molecule has 6 rings (SSSR count). The minimum atomic E-state index is -1.44. The number of ether oxygens (including phenoxy) is 1. The summed E-state index contributed by atoms with van der Waals surface area (Å²) in [6.07, 6.45) is 2.87. The molecule has 9 nitrogen and oxygen atoms in total. The second kappa shape index (κ2) is 9.59. The molecule has 4 aromatic rings. The number of fused-ring (bicyclic) bond motifs is 3. The van der Waals surface area contributed by atoms with Gasteiger partial charge in [-0.05, 0) is 30.2 Å². The highest BCUT2D eigenvalue weighted by Crippen LogP contribution is 2.37. The molecule has 0 spiro atoms. The van der Waals surface area contributed by atoms with Gasteiger partial charge in [-0.3, -0.25) is 14.3 Å². The molecule has 2 aliphatic rings. The monoisotopic (exact) mass is 516 g/mol. The van der Waals surface area contributed by atoms with Crippen LogP contribution in [0.15, 0.2) is 59.7 Å². The van der Waals surface area contributed by atoms with E-state index in [0.717, 1.165) is 22.2 Å². The van der Waals surface area contributed by atoms with Crippen LogP contribution in [0, 0.1) is 0 Å². The maximum Gasteiger partial charge on any atom is 0.274 e. The van der Waals surface area contributed by atoms with Crippen LogP contribution >= 0.6 is 0 Å². The first-order chi connectivity index (χ1) is 18.4. The molecule has 2 aromatic carbocycles. The first-order valence-corrected chi connectivity index (χ1v) is 12.9. The van der Waals surface area contributed by atoms with E-state index in [-0.39, 0.29) is 17.5 Å². The Morgan fingerprint density at radius 1 is 1.03 bits per heavy atom. The van der Waals surface area contributed by atoms with Crippen LogP contribution < -0.4 is 15.2 Å². The first-order valence-electron chi connectivity index (χ1n) is 12.9. The van der Waals surface area contributed by atoms with Gasteiger partial charge in [0.05, 0.1) is 16.9 Å². The topological polar surface area (TPSA) is 85.5 Å². The summed E-state index contributed by atoms with van der Waals surface area (Å²) >= 11 is 0. The van der Waals surface area contributed by atoms with Gasteiger partial charge in [0, 0.05) is 70.1 Å². The summed E-state index contributed by atoms with van der Waals surface area (Å²) in [5, 5.41) is 0.636. The molecular formula is C28H29FN6O3. The van der Waals surface area contributed by atoms with Crippen molar-refractivity contribution in [3.05, 3.63) is 70.8 Å². The number of aromatic nitrogens is 4. The molecule has 2 atom stereocenters. The highest BCUT2D eigenvalue weighted by Gasteiger charge is 2.30. The third kappa shape index (κ3) is 4.19. The molecule has 0 N–H and O–H groups in total. The van der Waals surface area contributed by atoms with E-state index in [1.54, 1.807) is 30.1 Å². The summed E-state index contributed by atoms with van der Waals surface area (Å²) in [7, 11) is 0. The summed E-state index contributed by atoms with van der Waals surface area (Å²) in [4.78, 5) is 37.9. The molecule has 1 fully saturated rings. The third-order valence-electron chi connectivity index (χ3n) is 7.43. The van der Waals surface area contributed by atoms with Crippen molar-refractivity contribution in [1.82, 2.24) is 24.2 Å². The minimum absolute atomic E-state index is 0.0392. The molecule has 0 saturated carbocycles. The number of carbonyl (C=O) groups is 1. The number of piperazine rings is 1. The van der Waals surface area contributed by atoms with Gasteiger partial charge in [-0.2, -0.15) is 0 Å². The number of anilines is 1. The van der Waals surface area contributed by atoms with E-state index in [2.05, 4.69) is 14.9 Å². The fourth-order valence-corrected chi connectivity index (χ4v) is 5.54. The van der Waals surface area contributed by atoms with Crippen LogP contribution in [-0.4, -0.2) is 62.7 Å². The van der Waals surface area contributed by atoms with Crippen LogP contribution in [0.25, 0.3) is 22.0 Å². The van der Waals surface area contributed by atoms with Crippen molar-refractivity contribution < 1.29 is 13.9 Å².